The Hall–Kier alpha value is -1.30. The third kappa shape index (κ3) is 4.06. The highest BCUT2D eigenvalue weighted by Crippen LogP contribution is 2.14. The van der Waals surface area contributed by atoms with Gasteiger partial charge in [0.15, 0.2) is 0 Å². The van der Waals surface area contributed by atoms with E-state index in [9.17, 15) is 9.59 Å². The third-order valence-electron chi connectivity index (χ3n) is 2.67. The molecule has 16 heavy (non-hydrogen) atoms. The van der Waals surface area contributed by atoms with Gasteiger partial charge < -0.3 is 20.4 Å². The maximum absolute atomic E-state index is 11.5. The molecule has 3 N–H and O–H groups in total. The maximum atomic E-state index is 11.5. The zero-order chi connectivity index (χ0) is 12.0. The summed E-state index contributed by atoms with van der Waals surface area (Å²) in [6.07, 6.45) is 1.34. The average molecular weight is 230 g/mol. The van der Waals surface area contributed by atoms with Crippen LogP contribution >= 0.6 is 0 Å². The molecule has 0 aromatic carbocycles. The second-order valence-electron chi connectivity index (χ2n) is 4.01. The number of carboxylic acid groups (broad SMARTS) is 1. The molecule has 1 fully saturated rings. The van der Waals surface area contributed by atoms with E-state index in [0.29, 0.717) is 26.1 Å². The van der Waals surface area contributed by atoms with Gasteiger partial charge in [0.25, 0.3) is 0 Å². The van der Waals surface area contributed by atoms with Gasteiger partial charge in [0.1, 0.15) is 0 Å². The maximum Gasteiger partial charge on any atom is 0.317 e. The number of nitrogens with zero attached hydrogens (tertiary/aromatic N) is 1. The molecule has 1 atom stereocenters. The number of amides is 2. The summed E-state index contributed by atoms with van der Waals surface area (Å²) in [5, 5.41) is 20.0. The van der Waals surface area contributed by atoms with Gasteiger partial charge in [0.2, 0.25) is 0 Å². The smallest absolute Gasteiger partial charge is 0.317 e. The lowest BCUT2D eigenvalue weighted by molar-refractivity contribution is -0.137. The average Bonchev–Trinajstić information content (AvgIpc) is 2.72. The summed E-state index contributed by atoms with van der Waals surface area (Å²) in [5.74, 6) is -0.666. The highest BCUT2D eigenvalue weighted by Gasteiger charge is 2.25. The topological polar surface area (TPSA) is 89.9 Å². The van der Waals surface area contributed by atoms with Gasteiger partial charge in [-0.2, -0.15) is 0 Å². The molecule has 2 amide bonds. The van der Waals surface area contributed by atoms with Crippen molar-refractivity contribution < 1.29 is 19.8 Å². The summed E-state index contributed by atoms with van der Waals surface area (Å²) in [7, 11) is 0. The van der Waals surface area contributed by atoms with E-state index in [4.69, 9.17) is 10.2 Å². The Morgan fingerprint density at radius 3 is 2.75 bits per heavy atom. The molecule has 1 aliphatic heterocycles. The van der Waals surface area contributed by atoms with Crippen LogP contribution < -0.4 is 5.32 Å². The second kappa shape index (κ2) is 6.32. The van der Waals surface area contributed by atoms with Crippen LogP contribution in [0.1, 0.15) is 19.3 Å². The minimum atomic E-state index is -0.851. The van der Waals surface area contributed by atoms with Gasteiger partial charge in [0, 0.05) is 38.6 Å². The molecule has 0 aromatic heterocycles. The number of carbonyl (C=O) groups is 2. The number of urea groups is 1. The van der Waals surface area contributed by atoms with Crippen LogP contribution in [0.15, 0.2) is 0 Å². The number of hydrogen-bond acceptors (Lipinski definition) is 3. The van der Waals surface area contributed by atoms with Crippen LogP contribution in [-0.2, 0) is 4.79 Å². The lowest BCUT2D eigenvalue weighted by Gasteiger charge is -2.16. The lowest BCUT2D eigenvalue weighted by Crippen LogP contribution is -2.39. The molecule has 0 saturated carbocycles. The van der Waals surface area contributed by atoms with Gasteiger partial charge in [-0.1, -0.05) is 0 Å². The Balaban J connectivity index is 2.13. The Bertz CT molecular complexity index is 257. The Kier molecular flexibility index (Phi) is 5.04. The molecule has 1 aliphatic rings. The van der Waals surface area contributed by atoms with Crippen LogP contribution in [0, 0.1) is 5.92 Å². The van der Waals surface area contributed by atoms with Gasteiger partial charge in [-0.05, 0) is 12.8 Å². The van der Waals surface area contributed by atoms with Gasteiger partial charge >= 0.3 is 12.0 Å². The molecule has 1 saturated heterocycles. The van der Waals surface area contributed by atoms with Crippen LogP contribution in [-0.4, -0.2) is 53.4 Å². The molecule has 0 aromatic rings. The fraction of sp³-hybridized carbons (Fsp3) is 0.800. The molecule has 0 radical (unpaired) electrons. The highest BCUT2D eigenvalue weighted by atomic mass is 16.4. The van der Waals surface area contributed by atoms with E-state index in [1.807, 2.05) is 0 Å². The largest absolute Gasteiger partial charge is 0.481 e. The van der Waals surface area contributed by atoms with E-state index in [1.54, 1.807) is 4.90 Å². The van der Waals surface area contributed by atoms with Crippen molar-refractivity contribution in [3.05, 3.63) is 0 Å². The number of aliphatic hydroxyl groups is 1. The minimum Gasteiger partial charge on any atom is -0.481 e. The van der Waals surface area contributed by atoms with Crippen LogP contribution in [0.5, 0.6) is 0 Å². The Labute approximate surface area is 94.2 Å². The van der Waals surface area contributed by atoms with Crippen molar-refractivity contribution in [3.8, 4) is 0 Å². The van der Waals surface area contributed by atoms with Crippen LogP contribution in [0.3, 0.4) is 0 Å². The number of aliphatic hydroxyl groups excluding tert-OH is 1. The summed E-state index contributed by atoms with van der Waals surface area (Å²) >= 11 is 0. The Morgan fingerprint density at radius 2 is 2.19 bits per heavy atom. The van der Waals surface area contributed by atoms with Crippen LogP contribution in [0.2, 0.25) is 0 Å². The van der Waals surface area contributed by atoms with Crippen molar-refractivity contribution >= 4 is 12.0 Å². The summed E-state index contributed by atoms with van der Waals surface area (Å²) in [6, 6.07) is -0.165. The molecule has 6 nitrogen and oxygen atoms in total. The van der Waals surface area contributed by atoms with Gasteiger partial charge in [0.05, 0.1) is 0 Å². The van der Waals surface area contributed by atoms with Crippen LogP contribution in [0.4, 0.5) is 4.79 Å². The SMILES string of the molecule is O=C(O)CCCNC(=O)N1CCC(CO)C1. The summed E-state index contributed by atoms with van der Waals surface area (Å²) in [5.41, 5.74) is 0. The van der Waals surface area contributed by atoms with Gasteiger partial charge in [-0.3, -0.25) is 4.79 Å². The fourth-order valence-corrected chi connectivity index (χ4v) is 1.71. The first kappa shape index (κ1) is 12.8. The number of nitrogens with one attached hydrogen (secondary N) is 1. The normalized spacial score (nSPS) is 19.8. The van der Waals surface area contributed by atoms with E-state index < -0.39 is 5.97 Å². The van der Waals surface area contributed by atoms with E-state index >= 15 is 0 Å². The number of carboxylic acids is 1. The molecule has 1 unspecified atom stereocenters. The molecule has 1 heterocycles. The van der Waals surface area contributed by atoms with E-state index in [0.717, 1.165) is 6.42 Å². The lowest BCUT2D eigenvalue weighted by atomic mass is 10.1. The highest BCUT2D eigenvalue weighted by molar-refractivity contribution is 5.74. The molecule has 92 valence electrons. The first-order chi connectivity index (χ1) is 7.63. The third-order valence-corrected chi connectivity index (χ3v) is 2.67. The first-order valence-corrected chi connectivity index (χ1v) is 5.49. The fourth-order valence-electron chi connectivity index (χ4n) is 1.71. The molecule has 0 aliphatic carbocycles. The molecule has 0 bridgehead atoms. The van der Waals surface area contributed by atoms with Crippen molar-refractivity contribution in [2.45, 2.75) is 19.3 Å². The van der Waals surface area contributed by atoms with Crippen molar-refractivity contribution in [2.75, 3.05) is 26.2 Å². The first-order valence-electron chi connectivity index (χ1n) is 5.49. The Morgan fingerprint density at radius 1 is 1.44 bits per heavy atom. The minimum absolute atomic E-state index is 0.0690. The number of hydrogen-bond donors (Lipinski definition) is 3. The summed E-state index contributed by atoms with van der Waals surface area (Å²) < 4.78 is 0. The van der Waals surface area contributed by atoms with E-state index in [-0.39, 0.29) is 25.0 Å². The number of aliphatic carboxylic acids is 1. The quantitative estimate of drug-likeness (QED) is 0.574. The van der Waals surface area contributed by atoms with Gasteiger partial charge in [-0.15, -0.1) is 0 Å². The van der Waals surface area contributed by atoms with Crippen molar-refractivity contribution in [1.29, 1.82) is 0 Å². The zero-order valence-electron chi connectivity index (χ0n) is 9.19. The monoisotopic (exact) mass is 230 g/mol. The summed E-state index contributed by atoms with van der Waals surface area (Å²) in [6.45, 7) is 1.74. The second-order valence-corrected chi connectivity index (χ2v) is 4.01. The molecule has 1 rings (SSSR count). The van der Waals surface area contributed by atoms with Crippen LogP contribution in [0.25, 0.3) is 0 Å². The molecular weight excluding hydrogens is 212 g/mol. The standard InChI is InChI=1S/C10H18N2O4/c13-7-8-3-5-12(6-8)10(16)11-4-1-2-9(14)15/h8,13H,1-7H2,(H,11,16)(H,14,15). The molecule has 0 spiro atoms. The van der Waals surface area contributed by atoms with E-state index in [2.05, 4.69) is 5.32 Å². The molecule has 6 heteroatoms. The van der Waals surface area contributed by atoms with Crippen molar-refractivity contribution in [3.63, 3.8) is 0 Å². The number of likely N-dealkylation sites (tertiary alicyclic amines) is 1. The summed E-state index contributed by atoms with van der Waals surface area (Å²) in [4.78, 5) is 23.4. The van der Waals surface area contributed by atoms with Crippen molar-refractivity contribution in [2.24, 2.45) is 5.92 Å². The van der Waals surface area contributed by atoms with E-state index in [1.165, 1.54) is 0 Å². The molecular formula is C10H18N2O4. The number of carbonyl (C=O) groups excluding carboxylic acids is 1. The predicted octanol–water partition coefficient (Wildman–Crippen LogP) is -0.125. The zero-order valence-corrected chi connectivity index (χ0v) is 9.19. The predicted molar refractivity (Wildman–Crippen MR) is 57.0 cm³/mol. The van der Waals surface area contributed by atoms with Crippen molar-refractivity contribution in [1.82, 2.24) is 10.2 Å². The number of rotatable bonds is 5. The van der Waals surface area contributed by atoms with Gasteiger partial charge in [-0.25, -0.2) is 4.79 Å².